The molecule has 0 radical (unpaired) electrons. The Hall–Kier alpha value is -0.610. The minimum absolute atomic E-state index is 0.0558. The zero-order valence-corrected chi connectivity index (χ0v) is 9.63. The fourth-order valence-electron chi connectivity index (χ4n) is 1.72. The van der Waals surface area contributed by atoms with Crippen molar-refractivity contribution in [2.75, 3.05) is 40.3 Å². The summed E-state index contributed by atoms with van der Waals surface area (Å²) in [7, 11) is 3.84. The average molecular weight is 199 g/mol. The van der Waals surface area contributed by atoms with Gasteiger partial charge in [0.05, 0.1) is 6.54 Å². The van der Waals surface area contributed by atoms with Crippen molar-refractivity contribution in [1.29, 1.82) is 0 Å². The predicted molar refractivity (Wildman–Crippen MR) is 57.2 cm³/mol. The van der Waals surface area contributed by atoms with Gasteiger partial charge in [0.25, 0.3) is 0 Å². The lowest BCUT2D eigenvalue weighted by molar-refractivity contribution is -0.133. The summed E-state index contributed by atoms with van der Waals surface area (Å²) in [5.41, 5.74) is 0.0558. The van der Waals surface area contributed by atoms with Crippen molar-refractivity contribution in [1.82, 2.24) is 15.1 Å². The van der Waals surface area contributed by atoms with E-state index in [1.807, 2.05) is 23.9 Å². The molecule has 0 aromatic rings. The molecule has 0 aliphatic carbocycles. The Morgan fingerprint density at radius 3 is 2.64 bits per heavy atom. The van der Waals surface area contributed by atoms with Gasteiger partial charge in [-0.2, -0.15) is 0 Å². The molecule has 1 aliphatic heterocycles. The number of carbonyl (C=O) groups excluding carboxylic acids is 1. The lowest BCUT2D eigenvalue weighted by Gasteiger charge is -2.39. The third-order valence-electron chi connectivity index (χ3n) is 2.38. The third-order valence-corrected chi connectivity index (χ3v) is 2.38. The maximum absolute atomic E-state index is 11.8. The SMILES string of the molecule is CN(C)CC(=O)N1CCNC(C)(C)C1. The predicted octanol–water partition coefficient (Wildman–Crippen LogP) is -0.242. The van der Waals surface area contributed by atoms with Crippen LogP contribution in [0.2, 0.25) is 0 Å². The molecule has 0 unspecified atom stereocenters. The Bertz CT molecular complexity index is 213. The lowest BCUT2D eigenvalue weighted by atomic mass is 10.0. The van der Waals surface area contributed by atoms with Gasteiger partial charge in [-0.3, -0.25) is 4.79 Å². The van der Waals surface area contributed by atoms with E-state index in [-0.39, 0.29) is 11.4 Å². The van der Waals surface area contributed by atoms with Crippen LogP contribution in [0.15, 0.2) is 0 Å². The number of piperazine rings is 1. The molecule has 0 saturated carbocycles. The molecule has 14 heavy (non-hydrogen) atoms. The smallest absolute Gasteiger partial charge is 0.236 e. The molecule has 1 N–H and O–H groups in total. The number of hydrogen-bond acceptors (Lipinski definition) is 3. The van der Waals surface area contributed by atoms with E-state index in [1.165, 1.54) is 0 Å². The van der Waals surface area contributed by atoms with E-state index in [1.54, 1.807) is 0 Å². The van der Waals surface area contributed by atoms with Crippen molar-refractivity contribution < 1.29 is 4.79 Å². The van der Waals surface area contributed by atoms with E-state index in [0.717, 1.165) is 19.6 Å². The van der Waals surface area contributed by atoms with Crippen LogP contribution in [0.5, 0.6) is 0 Å². The molecular formula is C10H21N3O. The molecule has 1 rings (SSSR count). The van der Waals surface area contributed by atoms with Gasteiger partial charge in [-0.15, -0.1) is 0 Å². The summed E-state index contributed by atoms with van der Waals surface area (Å²) in [6.07, 6.45) is 0. The molecule has 4 nitrogen and oxygen atoms in total. The second kappa shape index (κ2) is 4.28. The number of likely N-dealkylation sites (N-methyl/N-ethyl adjacent to an activating group) is 1. The number of rotatable bonds is 2. The van der Waals surface area contributed by atoms with Crippen molar-refractivity contribution in [2.45, 2.75) is 19.4 Å². The van der Waals surface area contributed by atoms with Gasteiger partial charge >= 0.3 is 0 Å². The average Bonchev–Trinajstić information content (AvgIpc) is 2.01. The number of amides is 1. The molecule has 0 aromatic heterocycles. The highest BCUT2D eigenvalue weighted by Gasteiger charge is 2.28. The van der Waals surface area contributed by atoms with Crippen LogP contribution in [0.4, 0.5) is 0 Å². The maximum atomic E-state index is 11.8. The first-order chi connectivity index (χ1) is 6.41. The van der Waals surface area contributed by atoms with E-state index < -0.39 is 0 Å². The van der Waals surface area contributed by atoms with E-state index in [0.29, 0.717) is 6.54 Å². The molecule has 82 valence electrons. The minimum atomic E-state index is 0.0558. The summed E-state index contributed by atoms with van der Waals surface area (Å²) in [6, 6.07) is 0. The van der Waals surface area contributed by atoms with Crippen LogP contribution in [0.3, 0.4) is 0 Å². The second-order valence-corrected chi connectivity index (χ2v) is 4.86. The van der Waals surface area contributed by atoms with Crippen molar-refractivity contribution in [3.63, 3.8) is 0 Å². The largest absolute Gasteiger partial charge is 0.338 e. The van der Waals surface area contributed by atoms with Gasteiger partial charge in [-0.25, -0.2) is 0 Å². The molecule has 1 saturated heterocycles. The molecule has 0 aromatic carbocycles. The van der Waals surface area contributed by atoms with Gasteiger partial charge in [0.2, 0.25) is 5.91 Å². The second-order valence-electron chi connectivity index (χ2n) is 4.86. The summed E-state index contributed by atoms with van der Waals surface area (Å²) >= 11 is 0. The first-order valence-electron chi connectivity index (χ1n) is 5.08. The Morgan fingerprint density at radius 2 is 2.14 bits per heavy atom. The fourth-order valence-corrected chi connectivity index (χ4v) is 1.72. The first-order valence-corrected chi connectivity index (χ1v) is 5.08. The summed E-state index contributed by atoms with van der Waals surface area (Å²) in [6.45, 7) is 7.29. The Labute approximate surface area is 86.2 Å². The standard InChI is InChI=1S/C10H21N3O/c1-10(2)8-13(6-5-11-10)9(14)7-12(3)4/h11H,5-8H2,1-4H3. The van der Waals surface area contributed by atoms with Crippen molar-refractivity contribution in [3.8, 4) is 0 Å². The van der Waals surface area contributed by atoms with Gasteiger partial charge in [-0.1, -0.05) is 0 Å². The maximum Gasteiger partial charge on any atom is 0.236 e. The summed E-state index contributed by atoms with van der Waals surface area (Å²) in [5, 5.41) is 3.39. The van der Waals surface area contributed by atoms with Crippen molar-refractivity contribution in [2.24, 2.45) is 0 Å². The molecular weight excluding hydrogens is 178 g/mol. The highest BCUT2D eigenvalue weighted by atomic mass is 16.2. The highest BCUT2D eigenvalue weighted by Crippen LogP contribution is 2.10. The van der Waals surface area contributed by atoms with Crippen LogP contribution in [0.25, 0.3) is 0 Å². The van der Waals surface area contributed by atoms with Gasteiger partial charge < -0.3 is 15.1 Å². The van der Waals surface area contributed by atoms with Crippen LogP contribution in [0.1, 0.15) is 13.8 Å². The topological polar surface area (TPSA) is 35.6 Å². The molecule has 0 atom stereocenters. The van der Waals surface area contributed by atoms with Gasteiger partial charge in [0.15, 0.2) is 0 Å². The molecule has 1 amide bonds. The fraction of sp³-hybridized carbons (Fsp3) is 0.900. The van der Waals surface area contributed by atoms with E-state index in [2.05, 4.69) is 19.2 Å². The van der Waals surface area contributed by atoms with Crippen molar-refractivity contribution in [3.05, 3.63) is 0 Å². The van der Waals surface area contributed by atoms with E-state index >= 15 is 0 Å². The monoisotopic (exact) mass is 199 g/mol. The number of carbonyl (C=O) groups is 1. The van der Waals surface area contributed by atoms with Crippen LogP contribution in [-0.4, -0.2) is 61.5 Å². The zero-order chi connectivity index (χ0) is 10.8. The Kier molecular flexibility index (Phi) is 3.50. The van der Waals surface area contributed by atoms with Crippen LogP contribution >= 0.6 is 0 Å². The summed E-state index contributed by atoms with van der Waals surface area (Å²) < 4.78 is 0. The summed E-state index contributed by atoms with van der Waals surface area (Å²) in [5.74, 6) is 0.226. The van der Waals surface area contributed by atoms with Gasteiger partial charge in [-0.05, 0) is 27.9 Å². The number of nitrogens with zero attached hydrogens (tertiary/aromatic N) is 2. The molecule has 0 spiro atoms. The van der Waals surface area contributed by atoms with Crippen LogP contribution < -0.4 is 5.32 Å². The molecule has 4 heteroatoms. The van der Waals surface area contributed by atoms with E-state index in [9.17, 15) is 4.79 Å². The number of nitrogens with one attached hydrogen (secondary N) is 1. The summed E-state index contributed by atoms with van der Waals surface area (Å²) in [4.78, 5) is 15.6. The van der Waals surface area contributed by atoms with Gasteiger partial charge in [0, 0.05) is 25.2 Å². The first kappa shape index (κ1) is 11.5. The molecule has 0 bridgehead atoms. The molecule has 1 heterocycles. The minimum Gasteiger partial charge on any atom is -0.338 e. The normalized spacial score (nSPS) is 21.4. The lowest BCUT2D eigenvalue weighted by Crippen LogP contribution is -2.59. The van der Waals surface area contributed by atoms with E-state index in [4.69, 9.17) is 0 Å². The van der Waals surface area contributed by atoms with Gasteiger partial charge in [0.1, 0.15) is 0 Å². The molecule has 1 aliphatic rings. The third kappa shape index (κ3) is 3.27. The van der Waals surface area contributed by atoms with Crippen LogP contribution in [-0.2, 0) is 4.79 Å². The highest BCUT2D eigenvalue weighted by molar-refractivity contribution is 5.78. The quantitative estimate of drug-likeness (QED) is 0.666. The molecule has 1 fully saturated rings. The van der Waals surface area contributed by atoms with Crippen LogP contribution in [0, 0.1) is 0 Å². The Morgan fingerprint density at radius 1 is 1.50 bits per heavy atom. The number of hydrogen-bond donors (Lipinski definition) is 1. The zero-order valence-electron chi connectivity index (χ0n) is 9.63. The van der Waals surface area contributed by atoms with Crippen molar-refractivity contribution >= 4 is 5.91 Å². The Balaban J connectivity index is 2.48.